The van der Waals surface area contributed by atoms with Crippen LogP contribution in [0.1, 0.15) is 63.0 Å². The van der Waals surface area contributed by atoms with Gasteiger partial charge < -0.3 is 16.4 Å². The fourth-order valence-corrected chi connectivity index (χ4v) is 2.71. The summed E-state index contributed by atoms with van der Waals surface area (Å²) < 4.78 is 0. The highest BCUT2D eigenvalue weighted by molar-refractivity contribution is 7.18. The Balaban J connectivity index is 2.51. The van der Waals surface area contributed by atoms with Crippen molar-refractivity contribution in [3.8, 4) is 0 Å². The van der Waals surface area contributed by atoms with E-state index in [9.17, 15) is 4.79 Å². The van der Waals surface area contributed by atoms with Gasteiger partial charge in [0.05, 0.1) is 0 Å². The van der Waals surface area contributed by atoms with Gasteiger partial charge in [0.15, 0.2) is 5.13 Å². The predicted molar refractivity (Wildman–Crippen MR) is 86.4 cm³/mol. The van der Waals surface area contributed by atoms with Crippen molar-refractivity contribution in [2.75, 3.05) is 17.6 Å². The van der Waals surface area contributed by atoms with Gasteiger partial charge in [0.1, 0.15) is 10.7 Å². The van der Waals surface area contributed by atoms with Crippen LogP contribution in [0.3, 0.4) is 0 Å². The molecule has 1 aromatic rings. The van der Waals surface area contributed by atoms with Crippen molar-refractivity contribution in [1.29, 1.82) is 0 Å². The molecule has 1 amide bonds. The summed E-state index contributed by atoms with van der Waals surface area (Å²) in [5.41, 5.74) is 5.71. The molecule has 1 aromatic heterocycles. The van der Waals surface area contributed by atoms with E-state index >= 15 is 0 Å². The maximum atomic E-state index is 12.0. The van der Waals surface area contributed by atoms with Gasteiger partial charge in [-0.3, -0.25) is 4.79 Å². The highest BCUT2D eigenvalue weighted by Gasteiger charge is 2.18. The minimum atomic E-state index is -0.126. The van der Waals surface area contributed by atoms with Gasteiger partial charge in [0, 0.05) is 12.1 Å². The van der Waals surface area contributed by atoms with Crippen molar-refractivity contribution in [3.05, 3.63) is 4.88 Å². The summed E-state index contributed by atoms with van der Waals surface area (Å²) in [6.07, 6.45) is 4.55. The van der Waals surface area contributed by atoms with E-state index < -0.39 is 0 Å². The van der Waals surface area contributed by atoms with E-state index in [1.54, 1.807) is 0 Å². The fourth-order valence-electron chi connectivity index (χ4n) is 1.70. The number of aromatic nitrogens is 1. The van der Waals surface area contributed by atoms with Gasteiger partial charge in [-0.15, -0.1) is 0 Å². The number of thiazole rings is 1. The molecule has 114 valence electrons. The summed E-state index contributed by atoms with van der Waals surface area (Å²) in [6.45, 7) is 8.98. The molecule has 20 heavy (non-hydrogen) atoms. The molecule has 0 aliphatic heterocycles. The van der Waals surface area contributed by atoms with E-state index in [1.807, 2.05) is 20.8 Å². The zero-order chi connectivity index (χ0) is 15.2. The molecular formula is C14H26N4OS. The number of carbonyl (C=O) groups is 1. The maximum Gasteiger partial charge on any atom is 0.265 e. The van der Waals surface area contributed by atoms with Crippen LogP contribution in [0.15, 0.2) is 0 Å². The monoisotopic (exact) mass is 298 g/mol. The number of anilines is 2. The Morgan fingerprint density at radius 2 is 2.00 bits per heavy atom. The minimum Gasteiger partial charge on any atom is -0.382 e. The van der Waals surface area contributed by atoms with Gasteiger partial charge in [-0.25, -0.2) is 4.98 Å². The number of amides is 1. The SMILES string of the molecule is CCCCCCNC(=O)c1sc(NC(C)(C)C)nc1N. The second kappa shape index (κ2) is 7.47. The van der Waals surface area contributed by atoms with E-state index in [0.717, 1.165) is 12.8 Å². The number of nitrogens with zero attached hydrogens (tertiary/aromatic N) is 1. The highest BCUT2D eigenvalue weighted by Crippen LogP contribution is 2.27. The number of nitrogens with two attached hydrogens (primary N) is 1. The lowest BCUT2D eigenvalue weighted by Crippen LogP contribution is -2.25. The number of unbranched alkanes of at least 4 members (excludes halogenated alkanes) is 3. The zero-order valence-electron chi connectivity index (χ0n) is 12.9. The summed E-state index contributed by atoms with van der Waals surface area (Å²) >= 11 is 1.30. The molecule has 6 heteroatoms. The summed E-state index contributed by atoms with van der Waals surface area (Å²) in [5, 5.41) is 6.81. The third-order valence-corrected chi connectivity index (χ3v) is 3.64. The lowest BCUT2D eigenvalue weighted by Gasteiger charge is -2.19. The second-order valence-electron chi connectivity index (χ2n) is 5.92. The first-order valence-electron chi connectivity index (χ1n) is 7.16. The number of nitrogens with one attached hydrogen (secondary N) is 2. The van der Waals surface area contributed by atoms with Crippen LogP contribution < -0.4 is 16.4 Å². The molecule has 0 atom stereocenters. The van der Waals surface area contributed by atoms with Crippen LogP contribution in [0, 0.1) is 0 Å². The standard InChI is InChI=1S/C14H26N4OS/c1-5-6-7-8-9-16-12(19)10-11(15)17-13(20-10)18-14(2,3)4/h5-9,15H2,1-4H3,(H,16,19)(H,17,18). The van der Waals surface area contributed by atoms with E-state index in [4.69, 9.17) is 5.73 Å². The lowest BCUT2D eigenvalue weighted by molar-refractivity contribution is 0.0957. The van der Waals surface area contributed by atoms with Crippen LogP contribution in [0.2, 0.25) is 0 Å². The van der Waals surface area contributed by atoms with Crippen molar-refractivity contribution in [2.45, 2.75) is 58.9 Å². The van der Waals surface area contributed by atoms with Crippen molar-refractivity contribution in [1.82, 2.24) is 10.3 Å². The Kier molecular flexibility index (Phi) is 6.26. The van der Waals surface area contributed by atoms with Crippen LogP contribution in [-0.4, -0.2) is 23.0 Å². The average Bonchev–Trinajstić information content (AvgIpc) is 2.67. The number of hydrogen-bond acceptors (Lipinski definition) is 5. The van der Waals surface area contributed by atoms with Crippen molar-refractivity contribution >= 4 is 28.2 Å². The maximum absolute atomic E-state index is 12.0. The molecule has 4 N–H and O–H groups in total. The van der Waals surface area contributed by atoms with Gasteiger partial charge in [0.25, 0.3) is 5.91 Å². The molecule has 0 saturated carbocycles. The first-order valence-corrected chi connectivity index (χ1v) is 7.98. The molecule has 0 fully saturated rings. The first-order chi connectivity index (χ1) is 9.33. The number of nitrogen functional groups attached to an aromatic ring is 1. The molecule has 0 radical (unpaired) electrons. The van der Waals surface area contributed by atoms with Gasteiger partial charge in [0.2, 0.25) is 0 Å². The van der Waals surface area contributed by atoms with Crippen LogP contribution in [-0.2, 0) is 0 Å². The Labute approximate surface area is 125 Å². The lowest BCUT2D eigenvalue weighted by atomic mass is 10.1. The summed E-state index contributed by atoms with van der Waals surface area (Å²) in [6, 6.07) is 0. The topological polar surface area (TPSA) is 80.0 Å². The minimum absolute atomic E-state index is 0.0990. The summed E-state index contributed by atoms with van der Waals surface area (Å²) in [7, 11) is 0. The van der Waals surface area contributed by atoms with E-state index in [-0.39, 0.29) is 11.4 Å². The Hall–Kier alpha value is -1.30. The van der Waals surface area contributed by atoms with Crippen LogP contribution in [0.5, 0.6) is 0 Å². The zero-order valence-corrected chi connectivity index (χ0v) is 13.7. The van der Waals surface area contributed by atoms with E-state index in [0.29, 0.717) is 22.4 Å². The molecule has 1 heterocycles. The number of carbonyl (C=O) groups excluding carboxylic acids is 1. The summed E-state index contributed by atoms with van der Waals surface area (Å²) in [4.78, 5) is 16.7. The Bertz CT molecular complexity index is 437. The quantitative estimate of drug-likeness (QED) is 0.675. The number of rotatable bonds is 7. The van der Waals surface area contributed by atoms with Gasteiger partial charge in [-0.1, -0.05) is 37.5 Å². The predicted octanol–water partition coefficient (Wildman–Crippen LogP) is 3.25. The van der Waals surface area contributed by atoms with Crippen LogP contribution >= 0.6 is 11.3 Å². The second-order valence-corrected chi connectivity index (χ2v) is 6.92. The molecule has 5 nitrogen and oxygen atoms in total. The molecule has 1 rings (SSSR count). The fraction of sp³-hybridized carbons (Fsp3) is 0.714. The van der Waals surface area contributed by atoms with Crippen LogP contribution in [0.4, 0.5) is 10.9 Å². The third kappa shape index (κ3) is 5.77. The smallest absolute Gasteiger partial charge is 0.265 e. The number of hydrogen-bond donors (Lipinski definition) is 3. The van der Waals surface area contributed by atoms with Gasteiger partial charge in [-0.2, -0.15) is 0 Å². The summed E-state index contributed by atoms with van der Waals surface area (Å²) in [5.74, 6) is 0.172. The molecule has 0 spiro atoms. The molecule has 0 unspecified atom stereocenters. The van der Waals surface area contributed by atoms with E-state index in [1.165, 1.54) is 24.2 Å². The molecule has 0 aliphatic carbocycles. The van der Waals surface area contributed by atoms with E-state index in [2.05, 4.69) is 22.5 Å². The van der Waals surface area contributed by atoms with Gasteiger partial charge >= 0.3 is 0 Å². The third-order valence-electron chi connectivity index (χ3n) is 2.66. The Morgan fingerprint density at radius 1 is 1.30 bits per heavy atom. The molecule has 0 saturated heterocycles. The highest BCUT2D eigenvalue weighted by atomic mass is 32.1. The van der Waals surface area contributed by atoms with Gasteiger partial charge in [-0.05, 0) is 27.2 Å². The van der Waals surface area contributed by atoms with Crippen molar-refractivity contribution in [3.63, 3.8) is 0 Å². The van der Waals surface area contributed by atoms with Crippen molar-refractivity contribution in [2.24, 2.45) is 0 Å². The Morgan fingerprint density at radius 3 is 2.60 bits per heavy atom. The molecular weight excluding hydrogens is 272 g/mol. The molecule has 0 aromatic carbocycles. The average molecular weight is 298 g/mol. The normalized spacial score (nSPS) is 11.4. The van der Waals surface area contributed by atoms with Crippen molar-refractivity contribution < 1.29 is 4.79 Å². The first kappa shape index (κ1) is 16.8. The molecule has 0 aliphatic rings. The molecule has 0 bridgehead atoms. The van der Waals surface area contributed by atoms with Crippen LogP contribution in [0.25, 0.3) is 0 Å². The largest absolute Gasteiger partial charge is 0.382 e.